The first-order chi connectivity index (χ1) is 6.65. The van der Waals surface area contributed by atoms with E-state index in [2.05, 4.69) is 5.32 Å². The third-order valence-electron chi connectivity index (χ3n) is 1.78. The van der Waals surface area contributed by atoms with Gasteiger partial charge < -0.3 is 10.4 Å². The maximum absolute atomic E-state index is 11.8. The van der Waals surface area contributed by atoms with Crippen molar-refractivity contribution in [3.63, 3.8) is 0 Å². The Kier molecular flexibility index (Phi) is 3.45. The number of phenolic OH excluding ortho intramolecular Hbond substituents is 1. The molecule has 2 N–H and O–H groups in total. The molecule has 0 aliphatic heterocycles. The molecule has 0 radical (unpaired) electrons. The van der Waals surface area contributed by atoms with E-state index in [0.29, 0.717) is 0 Å². The summed E-state index contributed by atoms with van der Waals surface area (Å²) in [5.41, 5.74) is 1.04. The molecular weight excluding hydrogens is 185 g/mol. The number of halogens is 1. The van der Waals surface area contributed by atoms with Crippen LogP contribution < -0.4 is 5.32 Å². The number of amides is 1. The summed E-state index contributed by atoms with van der Waals surface area (Å²) < 4.78 is 11.8. The number of nitrogens with one attached hydrogen (secondary N) is 1. The Morgan fingerprint density at radius 3 is 2.86 bits per heavy atom. The molecule has 0 aliphatic carbocycles. The first-order valence-corrected chi connectivity index (χ1v) is 4.29. The maximum Gasteiger partial charge on any atom is 0.255 e. The smallest absolute Gasteiger partial charge is 0.255 e. The summed E-state index contributed by atoms with van der Waals surface area (Å²) in [6, 6.07) is 4.71. The minimum atomic E-state index is -0.613. The Morgan fingerprint density at radius 1 is 1.57 bits per heavy atom. The number of benzene rings is 1. The quantitative estimate of drug-likeness (QED) is 0.769. The third-order valence-corrected chi connectivity index (χ3v) is 1.78. The van der Waals surface area contributed by atoms with Gasteiger partial charge in [0.15, 0.2) is 0 Å². The van der Waals surface area contributed by atoms with Crippen molar-refractivity contribution in [2.75, 3.05) is 13.2 Å². The number of alkyl halides is 1. The number of rotatable bonds is 3. The van der Waals surface area contributed by atoms with Crippen molar-refractivity contribution in [1.82, 2.24) is 5.32 Å². The average Bonchev–Trinajstić information content (AvgIpc) is 2.14. The fourth-order valence-corrected chi connectivity index (χ4v) is 1.09. The highest BCUT2D eigenvalue weighted by molar-refractivity contribution is 5.96. The normalized spacial score (nSPS) is 9.86. The molecule has 0 spiro atoms. The van der Waals surface area contributed by atoms with Gasteiger partial charge in [0.1, 0.15) is 12.4 Å². The van der Waals surface area contributed by atoms with E-state index in [0.717, 1.165) is 5.56 Å². The number of hydrogen-bond donors (Lipinski definition) is 2. The molecule has 0 fully saturated rings. The predicted molar refractivity (Wildman–Crippen MR) is 51.2 cm³/mol. The van der Waals surface area contributed by atoms with Crippen LogP contribution in [0.4, 0.5) is 4.39 Å². The average molecular weight is 197 g/mol. The Bertz CT molecular complexity index is 339. The van der Waals surface area contributed by atoms with Crippen LogP contribution in [0.15, 0.2) is 18.2 Å². The predicted octanol–water partition coefficient (Wildman–Crippen LogP) is 1.40. The van der Waals surface area contributed by atoms with Crippen LogP contribution >= 0.6 is 0 Å². The van der Waals surface area contributed by atoms with E-state index >= 15 is 0 Å². The molecule has 3 nitrogen and oxygen atoms in total. The van der Waals surface area contributed by atoms with Gasteiger partial charge in [0, 0.05) is 6.54 Å². The third kappa shape index (κ3) is 2.45. The van der Waals surface area contributed by atoms with Crippen LogP contribution in [0.25, 0.3) is 0 Å². The molecule has 0 saturated heterocycles. The minimum absolute atomic E-state index is 0.0356. The first kappa shape index (κ1) is 10.5. The van der Waals surface area contributed by atoms with E-state index in [1.54, 1.807) is 6.07 Å². The molecule has 0 atom stereocenters. The van der Waals surface area contributed by atoms with Gasteiger partial charge in [-0.3, -0.25) is 4.79 Å². The largest absolute Gasteiger partial charge is 0.507 e. The SMILES string of the molecule is Cc1ccc(C(=O)NCCF)c(O)c1. The second kappa shape index (κ2) is 4.60. The Labute approximate surface area is 81.6 Å². The van der Waals surface area contributed by atoms with Crippen LogP contribution in [-0.4, -0.2) is 24.2 Å². The van der Waals surface area contributed by atoms with Crippen molar-refractivity contribution in [3.8, 4) is 5.75 Å². The zero-order chi connectivity index (χ0) is 10.6. The van der Waals surface area contributed by atoms with E-state index in [-0.39, 0.29) is 17.9 Å². The van der Waals surface area contributed by atoms with Crippen molar-refractivity contribution >= 4 is 5.91 Å². The van der Waals surface area contributed by atoms with Crippen LogP contribution in [0.3, 0.4) is 0 Å². The molecule has 1 amide bonds. The highest BCUT2D eigenvalue weighted by Gasteiger charge is 2.09. The number of phenols is 1. The van der Waals surface area contributed by atoms with E-state index in [9.17, 15) is 14.3 Å². The molecule has 1 aromatic carbocycles. The van der Waals surface area contributed by atoms with E-state index < -0.39 is 12.6 Å². The molecular formula is C10H12FNO2. The van der Waals surface area contributed by atoms with Crippen LogP contribution in [0.2, 0.25) is 0 Å². The molecule has 0 aromatic heterocycles. The first-order valence-electron chi connectivity index (χ1n) is 4.29. The second-order valence-corrected chi connectivity index (χ2v) is 2.97. The van der Waals surface area contributed by atoms with Gasteiger partial charge in [-0.05, 0) is 24.6 Å². The van der Waals surface area contributed by atoms with Crippen LogP contribution in [0.5, 0.6) is 5.75 Å². The molecule has 1 rings (SSSR count). The number of hydrogen-bond acceptors (Lipinski definition) is 2. The topological polar surface area (TPSA) is 49.3 Å². The molecule has 0 saturated carbocycles. The molecule has 76 valence electrons. The standard InChI is InChI=1S/C10H12FNO2/c1-7-2-3-8(9(13)6-7)10(14)12-5-4-11/h2-3,6,13H,4-5H2,1H3,(H,12,14). The van der Waals surface area contributed by atoms with Gasteiger partial charge in [-0.15, -0.1) is 0 Å². The summed E-state index contributed by atoms with van der Waals surface area (Å²) in [4.78, 5) is 11.3. The lowest BCUT2D eigenvalue weighted by Gasteiger charge is -2.05. The summed E-state index contributed by atoms with van der Waals surface area (Å²) in [5, 5.41) is 11.7. The number of carbonyl (C=O) groups excluding carboxylic acids is 1. The minimum Gasteiger partial charge on any atom is -0.507 e. The lowest BCUT2D eigenvalue weighted by molar-refractivity contribution is 0.0948. The maximum atomic E-state index is 11.8. The number of aryl methyl sites for hydroxylation is 1. The van der Waals surface area contributed by atoms with E-state index in [1.165, 1.54) is 12.1 Å². The van der Waals surface area contributed by atoms with Gasteiger partial charge in [-0.2, -0.15) is 0 Å². The molecule has 4 heteroatoms. The molecule has 0 bridgehead atoms. The summed E-state index contributed by atoms with van der Waals surface area (Å²) in [6.07, 6.45) is 0. The molecule has 0 aliphatic rings. The van der Waals surface area contributed by atoms with Crippen molar-refractivity contribution < 1.29 is 14.3 Å². The highest BCUT2D eigenvalue weighted by atomic mass is 19.1. The Balaban J connectivity index is 2.80. The van der Waals surface area contributed by atoms with Crippen molar-refractivity contribution in [1.29, 1.82) is 0 Å². The highest BCUT2D eigenvalue weighted by Crippen LogP contribution is 2.17. The zero-order valence-corrected chi connectivity index (χ0v) is 7.88. The van der Waals surface area contributed by atoms with Crippen LogP contribution in [0.1, 0.15) is 15.9 Å². The lowest BCUT2D eigenvalue weighted by atomic mass is 10.1. The van der Waals surface area contributed by atoms with Gasteiger partial charge in [-0.25, -0.2) is 4.39 Å². The van der Waals surface area contributed by atoms with Crippen LogP contribution in [-0.2, 0) is 0 Å². The Hall–Kier alpha value is -1.58. The van der Waals surface area contributed by atoms with Crippen molar-refractivity contribution in [3.05, 3.63) is 29.3 Å². The van der Waals surface area contributed by atoms with Crippen molar-refractivity contribution in [2.45, 2.75) is 6.92 Å². The zero-order valence-electron chi connectivity index (χ0n) is 7.88. The van der Waals surface area contributed by atoms with Gasteiger partial charge in [0.05, 0.1) is 5.56 Å². The summed E-state index contributed by atoms with van der Waals surface area (Å²) in [7, 11) is 0. The number of carbonyl (C=O) groups is 1. The van der Waals surface area contributed by atoms with Gasteiger partial charge in [-0.1, -0.05) is 6.07 Å². The van der Waals surface area contributed by atoms with E-state index in [1.807, 2.05) is 6.92 Å². The summed E-state index contributed by atoms with van der Waals surface area (Å²) in [6.45, 7) is 1.16. The van der Waals surface area contributed by atoms with Crippen LogP contribution in [0, 0.1) is 6.92 Å². The summed E-state index contributed by atoms with van der Waals surface area (Å²) in [5.74, 6) is -0.540. The van der Waals surface area contributed by atoms with Gasteiger partial charge in [0.25, 0.3) is 5.91 Å². The Morgan fingerprint density at radius 2 is 2.29 bits per heavy atom. The van der Waals surface area contributed by atoms with Gasteiger partial charge in [0.2, 0.25) is 0 Å². The van der Waals surface area contributed by atoms with Crippen molar-refractivity contribution in [2.24, 2.45) is 0 Å². The molecule has 0 unspecified atom stereocenters. The van der Waals surface area contributed by atoms with Gasteiger partial charge >= 0.3 is 0 Å². The monoisotopic (exact) mass is 197 g/mol. The fraction of sp³-hybridized carbons (Fsp3) is 0.300. The molecule has 0 heterocycles. The number of aromatic hydroxyl groups is 1. The second-order valence-electron chi connectivity index (χ2n) is 2.97. The molecule has 14 heavy (non-hydrogen) atoms. The fourth-order valence-electron chi connectivity index (χ4n) is 1.09. The summed E-state index contributed by atoms with van der Waals surface area (Å²) >= 11 is 0. The molecule has 1 aromatic rings. The lowest BCUT2D eigenvalue weighted by Crippen LogP contribution is -2.25. The van der Waals surface area contributed by atoms with E-state index in [4.69, 9.17) is 0 Å².